The van der Waals surface area contributed by atoms with Crippen LogP contribution in [0.5, 0.6) is 17.2 Å². The van der Waals surface area contributed by atoms with E-state index in [-0.39, 0.29) is 23.1 Å². The van der Waals surface area contributed by atoms with Crippen LogP contribution < -0.4 is 25.0 Å². The Bertz CT molecular complexity index is 1810. The molecule has 0 unspecified atom stereocenters. The number of hydrogen-bond donors (Lipinski definition) is 1. The molecule has 36 heavy (non-hydrogen) atoms. The van der Waals surface area contributed by atoms with E-state index >= 15 is 0 Å². The quantitative estimate of drug-likeness (QED) is 0.264. The highest BCUT2D eigenvalue weighted by Gasteiger charge is 2.22. The van der Waals surface area contributed by atoms with E-state index in [2.05, 4.69) is 4.98 Å². The highest BCUT2D eigenvalue weighted by atomic mass is 16.8. The van der Waals surface area contributed by atoms with E-state index in [0.717, 1.165) is 27.4 Å². The summed E-state index contributed by atoms with van der Waals surface area (Å²) in [6.07, 6.45) is 1.73. The minimum absolute atomic E-state index is 0.142. The molecule has 0 saturated carbocycles. The highest BCUT2D eigenvalue weighted by Crippen LogP contribution is 2.39. The van der Waals surface area contributed by atoms with Crippen LogP contribution in [-0.2, 0) is 6.61 Å². The van der Waals surface area contributed by atoms with Crippen molar-refractivity contribution in [2.24, 2.45) is 0 Å². The van der Waals surface area contributed by atoms with E-state index in [1.165, 1.54) is 26.4 Å². The maximum Gasteiger partial charge on any atom is 0.267 e. The molecular weight excluding hydrogens is 462 g/mol. The Hall–Kier alpha value is -4.60. The van der Waals surface area contributed by atoms with Crippen molar-refractivity contribution in [1.29, 1.82) is 0 Å². The molecule has 3 aromatic carbocycles. The SMILES string of the molecule is COc1ccc2c(c1OC)c(=O)n1c3ccc(OCc4ccc(N([O-])O)cc4)cc3c3ccnc2c31. The third-order valence-electron chi connectivity index (χ3n) is 6.43. The molecule has 3 heterocycles. The summed E-state index contributed by atoms with van der Waals surface area (Å²) in [4.78, 5) is 18.4. The fraction of sp³-hybridized carbons (Fsp3) is 0.111. The standard InChI is InChI=1S/C27H20N3O6/c1-34-22-10-8-19-23(26(22)35-2)27(31)29-21-9-7-17(13-20(21)18-11-12-28-24(19)25(18)29)36-14-15-3-5-16(6-4-15)30(32)33/h3-13,32H,14H2,1-2H3/q-1. The summed E-state index contributed by atoms with van der Waals surface area (Å²) < 4.78 is 18.7. The van der Waals surface area contributed by atoms with E-state index in [1.807, 2.05) is 30.3 Å². The average Bonchev–Trinajstić information content (AvgIpc) is 3.24. The van der Waals surface area contributed by atoms with Crippen molar-refractivity contribution in [3.63, 3.8) is 0 Å². The maximum absolute atomic E-state index is 13.8. The van der Waals surface area contributed by atoms with E-state index in [0.29, 0.717) is 33.5 Å². The molecule has 6 rings (SSSR count). The van der Waals surface area contributed by atoms with Gasteiger partial charge in [0.2, 0.25) is 0 Å². The molecule has 0 aliphatic heterocycles. The van der Waals surface area contributed by atoms with Gasteiger partial charge in [0.15, 0.2) is 11.5 Å². The molecular formula is C27H20N3O6-. The predicted octanol–water partition coefficient (Wildman–Crippen LogP) is 4.88. The number of rotatable bonds is 6. The molecule has 0 amide bonds. The third-order valence-corrected chi connectivity index (χ3v) is 6.43. The van der Waals surface area contributed by atoms with Gasteiger partial charge in [-0.1, -0.05) is 12.1 Å². The lowest BCUT2D eigenvalue weighted by Crippen LogP contribution is -2.14. The van der Waals surface area contributed by atoms with Gasteiger partial charge in [-0.3, -0.25) is 19.4 Å². The highest BCUT2D eigenvalue weighted by molar-refractivity contribution is 6.19. The second-order valence-corrected chi connectivity index (χ2v) is 8.33. The van der Waals surface area contributed by atoms with Crippen molar-refractivity contribution in [3.8, 4) is 17.2 Å². The smallest absolute Gasteiger partial charge is 0.267 e. The summed E-state index contributed by atoms with van der Waals surface area (Å²) in [5.74, 6) is 1.47. The Morgan fingerprint density at radius 3 is 2.50 bits per heavy atom. The first kappa shape index (κ1) is 21.9. The number of ether oxygens (including phenoxy) is 3. The number of pyridine rings is 2. The lowest BCUT2D eigenvalue weighted by Gasteiger charge is -2.21. The number of hydrogen-bond acceptors (Lipinski definition) is 8. The van der Waals surface area contributed by atoms with E-state index in [9.17, 15) is 10.0 Å². The number of fused-ring (bicyclic) bond motifs is 5. The molecule has 6 aromatic rings. The molecule has 0 saturated heterocycles. The second-order valence-electron chi connectivity index (χ2n) is 8.33. The molecule has 0 atom stereocenters. The van der Waals surface area contributed by atoms with Gasteiger partial charge in [-0.25, -0.2) is 0 Å². The van der Waals surface area contributed by atoms with Crippen LogP contribution in [0.2, 0.25) is 0 Å². The number of methoxy groups -OCH3 is 2. The van der Waals surface area contributed by atoms with Gasteiger partial charge in [0.25, 0.3) is 5.56 Å². The Morgan fingerprint density at radius 1 is 0.972 bits per heavy atom. The molecule has 9 nitrogen and oxygen atoms in total. The second kappa shape index (κ2) is 8.26. The number of nitrogens with zero attached hydrogens (tertiary/aromatic N) is 3. The monoisotopic (exact) mass is 482 g/mol. The van der Waals surface area contributed by atoms with Gasteiger partial charge in [-0.15, -0.1) is 0 Å². The number of benzene rings is 3. The van der Waals surface area contributed by atoms with Gasteiger partial charge in [0.05, 0.1) is 41.8 Å². The van der Waals surface area contributed by atoms with E-state index < -0.39 is 0 Å². The van der Waals surface area contributed by atoms with Gasteiger partial charge in [-0.2, -0.15) is 0 Å². The van der Waals surface area contributed by atoms with Crippen LogP contribution >= 0.6 is 0 Å². The summed E-state index contributed by atoms with van der Waals surface area (Å²) in [5, 5.41) is 22.6. The van der Waals surface area contributed by atoms with Crippen molar-refractivity contribution in [2.45, 2.75) is 6.61 Å². The van der Waals surface area contributed by atoms with Crippen molar-refractivity contribution in [3.05, 3.63) is 88.0 Å². The molecule has 9 heteroatoms. The van der Waals surface area contributed by atoms with Gasteiger partial charge in [0.1, 0.15) is 12.4 Å². The summed E-state index contributed by atoms with van der Waals surface area (Å²) in [6.45, 7) is 0.267. The average molecular weight is 482 g/mol. The Labute approximate surface area is 204 Å². The molecule has 0 bridgehead atoms. The maximum atomic E-state index is 13.8. The largest absolute Gasteiger partial charge is 0.733 e. The lowest BCUT2D eigenvalue weighted by atomic mass is 10.1. The zero-order chi connectivity index (χ0) is 25.0. The van der Waals surface area contributed by atoms with Crippen molar-refractivity contribution in [1.82, 2.24) is 9.38 Å². The van der Waals surface area contributed by atoms with Crippen LogP contribution in [0, 0.1) is 5.21 Å². The van der Waals surface area contributed by atoms with Crippen LogP contribution in [0.3, 0.4) is 0 Å². The van der Waals surface area contributed by atoms with Crippen molar-refractivity contribution >= 4 is 43.8 Å². The zero-order valence-electron chi connectivity index (χ0n) is 19.4. The number of aromatic nitrogens is 2. The molecule has 0 spiro atoms. The van der Waals surface area contributed by atoms with Crippen molar-refractivity contribution < 1.29 is 19.4 Å². The van der Waals surface area contributed by atoms with Crippen LogP contribution in [-0.4, -0.2) is 28.8 Å². The molecule has 0 aliphatic carbocycles. The zero-order valence-corrected chi connectivity index (χ0v) is 19.4. The minimum atomic E-state index is -0.216. The molecule has 3 aromatic heterocycles. The van der Waals surface area contributed by atoms with Gasteiger partial charge < -0.3 is 24.6 Å². The van der Waals surface area contributed by atoms with Crippen LogP contribution in [0.15, 0.2) is 71.7 Å². The summed E-state index contributed by atoms with van der Waals surface area (Å²) in [6, 6.07) is 17.5. The Morgan fingerprint density at radius 2 is 1.78 bits per heavy atom. The molecule has 1 N–H and O–H groups in total. The Balaban J connectivity index is 1.51. The summed E-state index contributed by atoms with van der Waals surface area (Å²) >= 11 is 0. The topological polar surface area (TPSA) is 109 Å². The van der Waals surface area contributed by atoms with Crippen LogP contribution in [0.1, 0.15) is 5.56 Å². The predicted molar refractivity (Wildman–Crippen MR) is 137 cm³/mol. The lowest BCUT2D eigenvalue weighted by molar-refractivity contribution is 0.295. The van der Waals surface area contributed by atoms with Crippen LogP contribution in [0.4, 0.5) is 5.69 Å². The Kier molecular flexibility index (Phi) is 5.03. The first-order valence-electron chi connectivity index (χ1n) is 11.1. The third kappa shape index (κ3) is 3.18. The fourth-order valence-electron chi connectivity index (χ4n) is 4.78. The summed E-state index contributed by atoms with van der Waals surface area (Å²) in [5.41, 5.74) is 2.91. The molecule has 0 radical (unpaired) electrons. The van der Waals surface area contributed by atoms with Gasteiger partial charge in [-0.05, 0) is 54.1 Å². The fourth-order valence-corrected chi connectivity index (χ4v) is 4.78. The normalized spacial score (nSPS) is 11.6. The molecule has 0 fully saturated rings. The first-order chi connectivity index (χ1) is 17.5. The molecule has 180 valence electrons. The van der Waals surface area contributed by atoms with E-state index in [1.54, 1.807) is 28.8 Å². The molecule has 0 aliphatic rings. The van der Waals surface area contributed by atoms with Gasteiger partial charge in [0, 0.05) is 22.4 Å². The summed E-state index contributed by atoms with van der Waals surface area (Å²) in [7, 11) is 3.05. The first-order valence-corrected chi connectivity index (χ1v) is 11.1. The van der Waals surface area contributed by atoms with Gasteiger partial charge >= 0.3 is 0 Å². The van der Waals surface area contributed by atoms with E-state index in [4.69, 9.17) is 19.4 Å². The van der Waals surface area contributed by atoms with Crippen molar-refractivity contribution in [2.75, 3.05) is 19.4 Å². The number of anilines is 1. The van der Waals surface area contributed by atoms with Crippen LogP contribution in [0.25, 0.3) is 38.1 Å². The minimum Gasteiger partial charge on any atom is -0.733 e.